The van der Waals surface area contributed by atoms with Gasteiger partial charge in [0.05, 0.1) is 0 Å². The Hall–Kier alpha value is -2.04. The zero-order valence-electron chi connectivity index (χ0n) is 19.2. The van der Waals surface area contributed by atoms with Crippen LogP contribution in [-0.2, 0) is 12.8 Å². The fraction of sp³-hybridized carbons (Fsp3) is 0.538. The van der Waals surface area contributed by atoms with Crippen LogP contribution in [0.1, 0.15) is 92.7 Å². The number of rotatable bonds is 9. The molecule has 0 aromatic heterocycles. The zero-order valence-corrected chi connectivity index (χ0v) is 19.2. The minimum absolute atomic E-state index is 0.0445. The van der Waals surface area contributed by atoms with Gasteiger partial charge in [-0.2, -0.15) is 0 Å². The van der Waals surface area contributed by atoms with Gasteiger partial charge in [-0.15, -0.1) is 0 Å². The molecule has 0 saturated heterocycles. The lowest BCUT2D eigenvalue weighted by Gasteiger charge is -2.28. The van der Waals surface area contributed by atoms with Crippen molar-refractivity contribution in [3.05, 3.63) is 57.6 Å². The second kappa shape index (κ2) is 10.3. The highest BCUT2D eigenvalue weighted by molar-refractivity contribution is 5.55. The molecular weight excluding hydrogens is 376 g/mol. The Bertz CT molecular complexity index is 785. The first kappa shape index (κ1) is 24.2. The van der Waals surface area contributed by atoms with Crippen LogP contribution < -0.4 is 0 Å². The van der Waals surface area contributed by atoms with Crippen LogP contribution in [0, 0.1) is 5.92 Å². The van der Waals surface area contributed by atoms with Crippen LogP contribution in [-0.4, -0.2) is 33.6 Å². The standard InChI is InChI=1S/C26H38O4/c1-15(2)20-11-18(7-9-27)13-22(25(20)29)24(17(5)6)23-14-19(8-10-28)12-21(16(3)4)26(23)30/h11-17,24,27-30H,7-10H2,1-6H3. The molecule has 0 spiro atoms. The van der Waals surface area contributed by atoms with Gasteiger partial charge in [0.15, 0.2) is 0 Å². The fourth-order valence-corrected chi connectivity index (χ4v) is 4.28. The molecule has 0 amide bonds. The summed E-state index contributed by atoms with van der Waals surface area (Å²) >= 11 is 0. The maximum Gasteiger partial charge on any atom is 0.122 e. The first-order valence-electron chi connectivity index (χ1n) is 11.0. The van der Waals surface area contributed by atoms with E-state index < -0.39 is 0 Å². The first-order valence-corrected chi connectivity index (χ1v) is 11.0. The summed E-state index contributed by atoms with van der Waals surface area (Å²) in [5, 5.41) is 41.4. The number of benzene rings is 2. The van der Waals surface area contributed by atoms with Gasteiger partial charge in [-0.1, -0.05) is 65.8 Å². The molecule has 0 aliphatic carbocycles. The number of aliphatic hydroxyl groups excluding tert-OH is 2. The van der Waals surface area contributed by atoms with Crippen molar-refractivity contribution in [1.29, 1.82) is 0 Å². The Kier molecular flexibility index (Phi) is 8.34. The minimum atomic E-state index is -0.211. The third-order valence-corrected chi connectivity index (χ3v) is 5.84. The highest BCUT2D eigenvalue weighted by Crippen LogP contribution is 2.46. The molecule has 4 nitrogen and oxygen atoms in total. The third kappa shape index (κ3) is 5.16. The molecular formula is C26H38O4. The fourth-order valence-electron chi connectivity index (χ4n) is 4.28. The summed E-state index contributed by atoms with van der Waals surface area (Å²) in [6, 6.07) is 7.88. The van der Waals surface area contributed by atoms with E-state index in [1.165, 1.54) is 0 Å². The van der Waals surface area contributed by atoms with Crippen molar-refractivity contribution in [1.82, 2.24) is 0 Å². The van der Waals surface area contributed by atoms with Crippen molar-refractivity contribution >= 4 is 0 Å². The van der Waals surface area contributed by atoms with Gasteiger partial charge in [0.1, 0.15) is 11.5 Å². The lowest BCUT2D eigenvalue weighted by molar-refractivity contribution is 0.299. The summed E-state index contributed by atoms with van der Waals surface area (Å²) in [5.41, 5.74) is 5.24. The zero-order chi connectivity index (χ0) is 22.6. The van der Waals surface area contributed by atoms with Crippen LogP contribution >= 0.6 is 0 Å². The van der Waals surface area contributed by atoms with Gasteiger partial charge >= 0.3 is 0 Å². The molecule has 0 bridgehead atoms. The second-order valence-corrected chi connectivity index (χ2v) is 9.22. The van der Waals surface area contributed by atoms with Crippen molar-refractivity contribution < 1.29 is 20.4 Å². The normalized spacial score (nSPS) is 12.0. The summed E-state index contributed by atoms with van der Waals surface area (Å²) in [6.45, 7) is 12.4. The van der Waals surface area contributed by atoms with Crippen LogP contribution in [0.3, 0.4) is 0 Å². The van der Waals surface area contributed by atoms with Crippen molar-refractivity contribution in [3.8, 4) is 11.5 Å². The van der Waals surface area contributed by atoms with E-state index in [-0.39, 0.29) is 48.4 Å². The van der Waals surface area contributed by atoms with E-state index in [9.17, 15) is 20.4 Å². The molecule has 2 aromatic carbocycles. The molecule has 0 unspecified atom stereocenters. The Labute approximate surface area is 181 Å². The van der Waals surface area contributed by atoms with E-state index in [1.807, 2.05) is 52.0 Å². The van der Waals surface area contributed by atoms with Crippen molar-refractivity contribution in [3.63, 3.8) is 0 Å². The predicted molar refractivity (Wildman–Crippen MR) is 123 cm³/mol. The van der Waals surface area contributed by atoms with E-state index >= 15 is 0 Å². The number of phenolic OH excluding ortho intramolecular Hbond substituents is 2. The maximum absolute atomic E-state index is 11.2. The Morgan fingerprint density at radius 2 is 0.933 bits per heavy atom. The van der Waals surface area contributed by atoms with Crippen LogP contribution in [0.4, 0.5) is 0 Å². The van der Waals surface area contributed by atoms with Gasteiger partial charge < -0.3 is 20.4 Å². The van der Waals surface area contributed by atoms with Gasteiger partial charge in [-0.25, -0.2) is 0 Å². The average molecular weight is 415 g/mol. The van der Waals surface area contributed by atoms with E-state index in [0.717, 1.165) is 33.4 Å². The van der Waals surface area contributed by atoms with E-state index in [1.54, 1.807) is 0 Å². The second-order valence-electron chi connectivity index (χ2n) is 9.22. The molecule has 4 heteroatoms. The summed E-state index contributed by atoms with van der Waals surface area (Å²) < 4.78 is 0. The number of aromatic hydroxyl groups is 2. The molecule has 4 N–H and O–H groups in total. The smallest absolute Gasteiger partial charge is 0.122 e. The van der Waals surface area contributed by atoms with Gasteiger partial charge in [0.2, 0.25) is 0 Å². The number of aliphatic hydroxyl groups is 2. The quantitative estimate of drug-likeness (QED) is 0.454. The molecule has 30 heavy (non-hydrogen) atoms. The highest BCUT2D eigenvalue weighted by atomic mass is 16.3. The largest absolute Gasteiger partial charge is 0.507 e. The summed E-state index contributed by atoms with van der Waals surface area (Å²) in [7, 11) is 0. The van der Waals surface area contributed by atoms with E-state index in [2.05, 4.69) is 13.8 Å². The van der Waals surface area contributed by atoms with Crippen molar-refractivity contribution in [2.45, 2.75) is 72.1 Å². The molecule has 0 radical (unpaired) electrons. The van der Waals surface area contributed by atoms with Crippen molar-refractivity contribution in [2.24, 2.45) is 5.92 Å². The lowest BCUT2D eigenvalue weighted by Crippen LogP contribution is -2.13. The Balaban J connectivity index is 2.80. The van der Waals surface area contributed by atoms with Crippen LogP contribution in [0.2, 0.25) is 0 Å². The molecule has 0 atom stereocenters. The van der Waals surface area contributed by atoms with Crippen LogP contribution in [0.5, 0.6) is 11.5 Å². The van der Waals surface area contributed by atoms with Gasteiger partial charge in [0.25, 0.3) is 0 Å². The summed E-state index contributed by atoms with van der Waals surface area (Å²) in [6.07, 6.45) is 1.04. The highest BCUT2D eigenvalue weighted by Gasteiger charge is 2.28. The predicted octanol–water partition coefficient (Wildman–Crippen LogP) is 5.20. The number of phenols is 2. The van der Waals surface area contributed by atoms with Crippen LogP contribution in [0.15, 0.2) is 24.3 Å². The first-order chi connectivity index (χ1) is 14.1. The third-order valence-electron chi connectivity index (χ3n) is 5.84. The molecule has 2 rings (SSSR count). The number of hydrogen-bond donors (Lipinski definition) is 4. The molecule has 0 fully saturated rings. The monoisotopic (exact) mass is 414 g/mol. The molecule has 2 aromatic rings. The lowest BCUT2D eigenvalue weighted by atomic mass is 9.77. The molecule has 0 aliphatic heterocycles. The molecule has 166 valence electrons. The minimum Gasteiger partial charge on any atom is -0.507 e. The molecule has 0 saturated carbocycles. The average Bonchev–Trinajstić information content (AvgIpc) is 2.66. The van der Waals surface area contributed by atoms with Gasteiger partial charge in [-0.05, 0) is 52.8 Å². The topological polar surface area (TPSA) is 80.9 Å². The molecule has 0 aliphatic rings. The maximum atomic E-state index is 11.2. The molecule has 0 heterocycles. The van der Waals surface area contributed by atoms with Gasteiger partial charge in [0, 0.05) is 30.3 Å². The summed E-state index contributed by atoms with van der Waals surface area (Å²) in [4.78, 5) is 0. The van der Waals surface area contributed by atoms with Gasteiger partial charge in [-0.3, -0.25) is 0 Å². The van der Waals surface area contributed by atoms with E-state index in [0.29, 0.717) is 12.8 Å². The Morgan fingerprint density at radius 3 is 1.20 bits per heavy atom. The van der Waals surface area contributed by atoms with E-state index in [4.69, 9.17) is 0 Å². The van der Waals surface area contributed by atoms with Crippen molar-refractivity contribution in [2.75, 3.05) is 13.2 Å². The SMILES string of the molecule is CC(C)c1cc(CCO)cc(C(c2cc(CCO)cc(C(C)C)c2O)C(C)C)c1O. The Morgan fingerprint density at radius 1 is 0.600 bits per heavy atom. The number of hydrogen-bond acceptors (Lipinski definition) is 4. The summed E-state index contributed by atoms with van der Waals surface area (Å²) in [5.74, 6) is 0.714. The van der Waals surface area contributed by atoms with Crippen LogP contribution in [0.25, 0.3) is 0 Å².